The van der Waals surface area contributed by atoms with E-state index in [0.29, 0.717) is 12.1 Å². The molecule has 0 unspecified atom stereocenters. The summed E-state index contributed by atoms with van der Waals surface area (Å²) in [5.41, 5.74) is -0.961. The third-order valence-corrected chi connectivity index (χ3v) is 3.38. The Balaban J connectivity index is 2.04. The van der Waals surface area contributed by atoms with Gasteiger partial charge < -0.3 is 4.74 Å². The molecule has 0 bridgehead atoms. The fraction of sp³-hybridized carbons (Fsp3) is 0.462. The third-order valence-electron chi connectivity index (χ3n) is 3.38. The molecule has 108 valence electrons. The Morgan fingerprint density at radius 1 is 1.30 bits per heavy atom. The van der Waals surface area contributed by atoms with Gasteiger partial charge in [0.1, 0.15) is 6.61 Å². The molecule has 1 aliphatic rings. The van der Waals surface area contributed by atoms with Gasteiger partial charge in [0, 0.05) is 12.0 Å². The van der Waals surface area contributed by atoms with Crippen molar-refractivity contribution in [2.75, 3.05) is 6.61 Å². The van der Waals surface area contributed by atoms with Gasteiger partial charge in [0.15, 0.2) is 17.3 Å². The topological polar surface area (TPSA) is 69.4 Å². The van der Waals surface area contributed by atoms with Crippen molar-refractivity contribution in [1.29, 1.82) is 0 Å². The molecule has 0 spiro atoms. The first-order valence-corrected chi connectivity index (χ1v) is 6.28. The number of carbonyl (C=O) groups excluding carboxylic acids is 1. The van der Waals surface area contributed by atoms with Crippen LogP contribution in [0.25, 0.3) is 0 Å². The van der Waals surface area contributed by atoms with Gasteiger partial charge >= 0.3 is 5.69 Å². The number of nitro groups is 1. The highest BCUT2D eigenvalue weighted by Crippen LogP contribution is 2.28. The number of ketones is 1. The summed E-state index contributed by atoms with van der Waals surface area (Å²) in [4.78, 5) is 21.1. The summed E-state index contributed by atoms with van der Waals surface area (Å²) in [7, 11) is 0. The minimum atomic E-state index is -1.19. The fourth-order valence-corrected chi connectivity index (χ4v) is 2.28. The zero-order chi connectivity index (χ0) is 14.7. The van der Waals surface area contributed by atoms with Gasteiger partial charge in [0.2, 0.25) is 5.82 Å². The predicted octanol–water partition coefficient (Wildman–Crippen LogP) is 3.01. The zero-order valence-corrected chi connectivity index (χ0v) is 10.6. The van der Waals surface area contributed by atoms with Gasteiger partial charge in [-0.05, 0) is 12.8 Å². The van der Waals surface area contributed by atoms with Crippen LogP contribution in [0, 0.1) is 27.7 Å². The van der Waals surface area contributed by atoms with Crippen molar-refractivity contribution in [2.24, 2.45) is 5.92 Å². The van der Waals surface area contributed by atoms with Crippen molar-refractivity contribution >= 4 is 11.5 Å². The van der Waals surface area contributed by atoms with Crippen LogP contribution < -0.4 is 4.74 Å². The number of hydrogen-bond acceptors (Lipinski definition) is 4. The SMILES string of the molecule is O=C(COc1cc(F)c([N+](=O)[O-])cc1F)C1CCCC1. The predicted molar refractivity (Wildman–Crippen MR) is 65.5 cm³/mol. The van der Waals surface area contributed by atoms with E-state index in [1.807, 2.05) is 0 Å². The molecule has 0 N–H and O–H groups in total. The monoisotopic (exact) mass is 285 g/mol. The van der Waals surface area contributed by atoms with E-state index in [1.54, 1.807) is 0 Å². The Hall–Kier alpha value is -2.05. The van der Waals surface area contributed by atoms with Gasteiger partial charge in [-0.25, -0.2) is 4.39 Å². The molecular formula is C13H13F2NO4. The Labute approximate surface area is 113 Å². The summed E-state index contributed by atoms with van der Waals surface area (Å²) in [6.45, 7) is -0.348. The van der Waals surface area contributed by atoms with Crippen LogP contribution in [0.3, 0.4) is 0 Å². The van der Waals surface area contributed by atoms with E-state index in [4.69, 9.17) is 4.74 Å². The second-order valence-corrected chi connectivity index (χ2v) is 4.73. The highest BCUT2D eigenvalue weighted by Gasteiger charge is 2.24. The molecule has 7 heteroatoms. The molecule has 0 atom stereocenters. The lowest BCUT2D eigenvalue weighted by Gasteiger charge is -2.10. The maximum Gasteiger partial charge on any atom is 0.307 e. The number of ether oxygens (including phenoxy) is 1. The molecule has 2 rings (SSSR count). The average molecular weight is 285 g/mol. The maximum atomic E-state index is 13.5. The summed E-state index contributed by atoms with van der Waals surface area (Å²) in [5, 5.41) is 10.4. The second-order valence-electron chi connectivity index (χ2n) is 4.73. The van der Waals surface area contributed by atoms with Crippen LogP contribution in [0.15, 0.2) is 12.1 Å². The van der Waals surface area contributed by atoms with Gasteiger partial charge in [-0.3, -0.25) is 14.9 Å². The molecule has 0 aromatic heterocycles. The lowest BCUT2D eigenvalue weighted by atomic mass is 10.0. The number of Topliss-reactive ketones (excluding diaryl/α,β-unsaturated/α-hetero) is 1. The lowest BCUT2D eigenvalue weighted by molar-refractivity contribution is -0.387. The summed E-state index contributed by atoms with van der Waals surface area (Å²) in [5.74, 6) is -2.97. The molecule has 0 saturated heterocycles. The van der Waals surface area contributed by atoms with Crippen molar-refractivity contribution in [1.82, 2.24) is 0 Å². The molecule has 5 nitrogen and oxygen atoms in total. The third kappa shape index (κ3) is 3.09. The second kappa shape index (κ2) is 5.94. The largest absolute Gasteiger partial charge is 0.483 e. The van der Waals surface area contributed by atoms with E-state index in [2.05, 4.69) is 0 Å². The highest BCUT2D eigenvalue weighted by atomic mass is 19.1. The molecule has 1 saturated carbocycles. The normalized spacial score (nSPS) is 15.3. The minimum absolute atomic E-state index is 0.0824. The van der Waals surface area contributed by atoms with E-state index in [1.165, 1.54) is 0 Å². The van der Waals surface area contributed by atoms with Gasteiger partial charge in [-0.15, -0.1) is 0 Å². The van der Waals surface area contributed by atoms with Crippen LogP contribution >= 0.6 is 0 Å². The number of nitrogens with zero attached hydrogens (tertiary/aromatic N) is 1. The number of hydrogen-bond donors (Lipinski definition) is 0. The standard InChI is InChI=1S/C13H13F2NO4/c14-9-6-13(10(15)5-11(9)16(18)19)20-7-12(17)8-3-1-2-4-8/h5-6,8H,1-4,7H2. The Kier molecular flexibility index (Phi) is 4.26. The van der Waals surface area contributed by atoms with Crippen LogP contribution in [0.1, 0.15) is 25.7 Å². The zero-order valence-electron chi connectivity index (χ0n) is 10.6. The van der Waals surface area contributed by atoms with Crippen molar-refractivity contribution < 1.29 is 23.2 Å². The number of benzene rings is 1. The molecule has 1 aliphatic carbocycles. The summed E-state index contributed by atoms with van der Waals surface area (Å²) < 4.78 is 31.8. The van der Waals surface area contributed by atoms with Crippen molar-refractivity contribution in [3.63, 3.8) is 0 Å². The fourth-order valence-electron chi connectivity index (χ4n) is 2.28. The van der Waals surface area contributed by atoms with E-state index in [-0.39, 0.29) is 18.3 Å². The maximum absolute atomic E-state index is 13.5. The van der Waals surface area contributed by atoms with E-state index < -0.39 is 28.0 Å². The Morgan fingerprint density at radius 3 is 2.55 bits per heavy atom. The number of nitro benzene ring substituents is 1. The smallest absolute Gasteiger partial charge is 0.307 e. The molecule has 20 heavy (non-hydrogen) atoms. The van der Waals surface area contributed by atoms with Crippen molar-refractivity contribution in [2.45, 2.75) is 25.7 Å². The molecular weight excluding hydrogens is 272 g/mol. The first-order chi connectivity index (χ1) is 9.49. The molecule has 1 fully saturated rings. The molecule has 0 amide bonds. The highest BCUT2D eigenvalue weighted by molar-refractivity contribution is 5.82. The first kappa shape index (κ1) is 14.4. The van der Waals surface area contributed by atoms with Gasteiger partial charge in [0.25, 0.3) is 0 Å². The number of carbonyl (C=O) groups is 1. The molecule has 1 aromatic rings. The Morgan fingerprint density at radius 2 is 1.95 bits per heavy atom. The Bertz CT molecular complexity index is 541. The number of rotatable bonds is 5. The van der Waals surface area contributed by atoms with E-state index >= 15 is 0 Å². The quantitative estimate of drug-likeness (QED) is 0.616. The summed E-state index contributed by atoms with van der Waals surface area (Å²) >= 11 is 0. The van der Waals surface area contributed by atoms with Crippen molar-refractivity contribution in [3.8, 4) is 5.75 Å². The summed E-state index contributed by atoms with van der Waals surface area (Å²) in [6.07, 6.45) is 3.55. The summed E-state index contributed by atoms with van der Waals surface area (Å²) in [6, 6.07) is 1.04. The van der Waals surface area contributed by atoms with Gasteiger partial charge in [-0.1, -0.05) is 12.8 Å². The van der Waals surface area contributed by atoms with Crippen molar-refractivity contribution in [3.05, 3.63) is 33.9 Å². The molecule has 1 aromatic carbocycles. The lowest BCUT2D eigenvalue weighted by Crippen LogP contribution is -2.19. The number of halogens is 2. The van der Waals surface area contributed by atoms with Gasteiger partial charge in [0.05, 0.1) is 11.0 Å². The van der Waals surface area contributed by atoms with Crippen LogP contribution in [0.2, 0.25) is 0 Å². The van der Waals surface area contributed by atoms with Crippen LogP contribution in [-0.2, 0) is 4.79 Å². The van der Waals surface area contributed by atoms with E-state index in [0.717, 1.165) is 25.7 Å². The molecule has 0 radical (unpaired) electrons. The van der Waals surface area contributed by atoms with Crippen LogP contribution in [-0.4, -0.2) is 17.3 Å². The van der Waals surface area contributed by atoms with Gasteiger partial charge in [-0.2, -0.15) is 4.39 Å². The van der Waals surface area contributed by atoms with Crippen LogP contribution in [0.4, 0.5) is 14.5 Å². The first-order valence-electron chi connectivity index (χ1n) is 6.28. The molecule has 0 aliphatic heterocycles. The van der Waals surface area contributed by atoms with E-state index in [9.17, 15) is 23.7 Å². The average Bonchev–Trinajstić information content (AvgIpc) is 2.92. The molecule has 0 heterocycles. The minimum Gasteiger partial charge on any atom is -0.483 e. The van der Waals surface area contributed by atoms with Crippen LogP contribution in [0.5, 0.6) is 5.75 Å².